The second-order valence-corrected chi connectivity index (χ2v) is 6.53. The van der Waals surface area contributed by atoms with Crippen LogP contribution >= 0.6 is 0 Å². The molecular formula is C14H22N6. The van der Waals surface area contributed by atoms with Gasteiger partial charge in [0.05, 0.1) is 0 Å². The fourth-order valence-electron chi connectivity index (χ4n) is 3.54. The highest BCUT2D eigenvalue weighted by Gasteiger charge is 2.39. The van der Waals surface area contributed by atoms with E-state index in [4.69, 9.17) is 5.73 Å². The maximum atomic E-state index is 5.86. The minimum atomic E-state index is 0.375. The Hall–Kier alpha value is -1.56. The molecule has 1 aromatic rings. The number of rotatable bonds is 3. The molecule has 0 amide bonds. The summed E-state index contributed by atoms with van der Waals surface area (Å²) in [4.78, 5) is 13.5. The number of hydrogen-bond donors (Lipinski definition) is 2. The molecule has 1 aromatic heterocycles. The number of nitrogens with two attached hydrogens (primary N) is 1. The average Bonchev–Trinajstić information content (AvgIpc) is 2.99. The van der Waals surface area contributed by atoms with E-state index >= 15 is 0 Å². The highest BCUT2D eigenvalue weighted by Crippen LogP contribution is 2.33. The molecule has 0 unspecified atom stereocenters. The van der Waals surface area contributed by atoms with E-state index in [9.17, 15) is 0 Å². The lowest BCUT2D eigenvalue weighted by Crippen LogP contribution is -2.27. The van der Waals surface area contributed by atoms with Gasteiger partial charge in [0.2, 0.25) is 5.95 Å². The maximum Gasteiger partial charge on any atom is 0.223 e. The molecular weight excluding hydrogens is 252 g/mol. The first-order valence-electron chi connectivity index (χ1n) is 7.52. The Morgan fingerprint density at radius 2 is 1.85 bits per heavy atom. The number of nitrogen functional groups attached to an aromatic ring is 1. The summed E-state index contributed by atoms with van der Waals surface area (Å²) in [6, 6.07) is 2.64. The van der Waals surface area contributed by atoms with Crippen LogP contribution in [0, 0.1) is 11.8 Å². The number of nitrogens with zero attached hydrogens (tertiary/aromatic N) is 4. The number of anilines is 3. The number of aromatic nitrogens is 2. The summed E-state index contributed by atoms with van der Waals surface area (Å²) in [5, 5.41) is 3.41. The Morgan fingerprint density at radius 1 is 1.15 bits per heavy atom. The normalized spacial score (nSPS) is 29.8. The average molecular weight is 274 g/mol. The summed E-state index contributed by atoms with van der Waals surface area (Å²) in [6.07, 6.45) is 2.47. The number of hydrogen-bond acceptors (Lipinski definition) is 6. The molecule has 6 heteroatoms. The van der Waals surface area contributed by atoms with Crippen LogP contribution in [0.1, 0.15) is 12.8 Å². The molecule has 20 heavy (non-hydrogen) atoms. The molecule has 0 spiro atoms. The van der Waals surface area contributed by atoms with Crippen LogP contribution in [-0.4, -0.2) is 54.1 Å². The lowest BCUT2D eigenvalue weighted by molar-refractivity contribution is 0.387. The van der Waals surface area contributed by atoms with E-state index in [0.29, 0.717) is 12.0 Å². The topological polar surface area (TPSA) is 70.3 Å². The largest absolute Gasteiger partial charge is 0.368 e. The molecule has 3 fully saturated rings. The van der Waals surface area contributed by atoms with Crippen LogP contribution in [0.3, 0.4) is 0 Å². The molecule has 2 aliphatic heterocycles. The fraction of sp³-hybridized carbons (Fsp3) is 0.714. The summed E-state index contributed by atoms with van der Waals surface area (Å²) in [6.45, 7) is 4.59. The molecule has 3 N–H and O–H groups in total. The Bertz CT molecular complexity index is 500. The molecule has 2 saturated heterocycles. The van der Waals surface area contributed by atoms with Crippen molar-refractivity contribution in [2.75, 3.05) is 49.2 Å². The third-order valence-electron chi connectivity index (χ3n) is 4.65. The third kappa shape index (κ3) is 2.28. The van der Waals surface area contributed by atoms with E-state index in [2.05, 4.69) is 38.2 Å². The van der Waals surface area contributed by atoms with Gasteiger partial charge in [-0.05, 0) is 31.7 Å². The van der Waals surface area contributed by atoms with Crippen LogP contribution in [0.2, 0.25) is 0 Å². The van der Waals surface area contributed by atoms with E-state index in [0.717, 1.165) is 36.6 Å². The quantitative estimate of drug-likeness (QED) is 0.842. The zero-order valence-electron chi connectivity index (χ0n) is 11.9. The standard InChI is InChI=1S/C14H22N6/c1-19-5-9-7-20(8-10(9)6-19)13-4-12(16-11-2-3-11)17-14(15)18-13/h4,9-11H,2-3,5-8H2,1H3,(H3,15,16,17,18)/t9-,10+. The number of fused-ring (bicyclic) bond motifs is 1. The van der Waals surface area contributed by atoms with Gasteiger partial charge in [0.25, 0.3) is 0 Å². The van der Waals surface area contributed by atoms with Gasteiger partial charge in [-0.1, -0.05) is 0 Å². The fourth-order valence-corrected chi connectivity index (χ4v) is 3.54. The Balaban J connectivity index is 1.52. The minimum absolute atomic E-state index is 0.375. The van der Waals surface area contributed by atoms with Crippen LogP contribution in [0.25, 0.3) is 0 Å². The van der Waals surface area contributed by atoms with Crippen LogP contribution < -0.4 is 16.0 Å². The smallest absolute Gasteiger partial charge is 0.223 e. The van der Waals surface area contributed by atoms with Crippen molar-refractivity contribution in [2.24, 2.45) is 11.8 Å². The van der Waals surface area contributed by atoms with Gasteiger partial charge in [-0.15, -0.1) is 0 Å². The molecule has 0 bridgehead atoms. The lowest BCUT2D eigenvalue weighted by atomic mass is 10.0. The molecule has 0 radical (unpaired) electrons. The minimum Gasteiger partial charge on any atom is -0.368 e. The van der Waals surface area contributed by atoms with Crippen LogP contribution in [0.4, 0.5) is 17.6 Å². The van der Waals surface area contributed by atoms with Gasteiger partial charge in [0, 0.05) is 38.3 Å². The van der Waals surface area contributed by atoms with Crippen molar-refractivity contribution >= 4 is 17.6 Å². The van der Waals surface area contributed by atoms with E-state index in [-0.39, 0.29) is 0 Å². The van der Waals surface area contributed by atoms with Crippen LogP contribution in [0.15, 0.2) is 6.07 Å². The molecule has 3 heterocycles. The highest BCUT2D eigenvalue weighted by atomic mass is 15.3. The first-order valence-corrected chi connectivity index (χ1v) is 7.52. The molecule has 0 aromatic carbocycles. The zero-order valence-corrected chi connectivity index (χ0v) is 11.9. The van der Waals surface area contributed by atoms with Gasteiger partial charge in [0.1, 0.15) is 11.6 Å². The maximum absolute atomic E-state index is 5.86. The molecule has 6 nitrogen and oxygen atoms in total. The molecule has 3 aliphatic rings. The second-order valence-electron chi connectivity index (χ2n) is 6.53. The summed E-state index contributed by atoms with van der Waals surface area (Å²) in [5.74, 6) is 3.79. The zero-order chi connectivity index (χ0) is 13.7. The lowest BCUT2D eigenvalue weighted by Gasteiger charge is -2.21. The highest BCUT2D eigenvalue weighted by molar-refractivity contribution is 5.54. The van der Waals surface area contributed by atoms with Crippen molar-refractivity contribution < 1.29 is 0 Å². The van der Waals surface area contributed by atoms with Gasteiger partial charge in [0.15, 0.2) is 0 Å². The molecule has 1 saturated carbocycles. The van der Waals surface area contributed by atoms with E-state index in [1.165, 1.54) is 25.9 Å². The number of likely N-dealkylation sites (tertiary alicyclic amines) is 1. The van der Waals surface area contributed by atoms with Crippen molar-refractivity contribution in [3.05, 3.63) is 6.07 Å². The predicted octanol–water partition coefficient (Wildman–Crippen LogP) is 0.631. The van der Waals surface area contributed by atoms with Crippen molar-refractivity contribution in [3.63, 3.8) is 0 Å². The Morgan fingerprint density at radius 3 is 2.50 bits per heavy atom. The molecule has 1 aliphatic carbocycles. The van der Waals surface area contributed by atoms with Gasteiger partial charge in [-0.25, -0.2) is 0 Å². The monoisotopic (exact) mass is 274 g/mol. The SMILES string of the molecule is CN1C[C@@H]2CN(c3cc(NC4CC4)nc(N)n3)C[C@@H]2C1. The van der Waals surface area contributed by atoms with Crippen molar-refractivity contribution in [3.8, 4) is 0 Å². The van der Waals surface area contributed by atoms with Crippen molar-refractivity contribution in [1.82, 2.24) is 14.9 Å². The van der Waals surface area contributed by atoms with Crippen molar-refractivity contribution in [1.29, 1.82) is 0 Å². The Kier molecular flexibility index (Phi) is 2.73. The summed E-state index contributed by atoms with van der Waals surface area (Å²) in [7, 11) is 2.21. The third-order valence-corrected chi connectivity index (χ3v) is 4.65. The van der Waals surface area contributed by atoms with Crippen LogP contribution in [0.5, 0.6) is 0 Å². The van der Waals surface area contributed by atoms with Gasteiger partial charge >= 0.3 is 0 Å². The van der Waals surface area contributed by atoms with Crippen LogP contribution in [-0.2, 0) is 0 Å². The van der Waals surface area contributed by atoms with Gasteiger partial charge in [-0.2, -0.15) is 9.97 Å². The van der Waals surface area contributed by atoms with E-state index < -0.39 is 0 Å². The molecule has 4 rings (SSSR count). The molecule has 2 atom stereocenters. The summed E-state index contributed by atoms with van der Waals surface area (Å²) < 4.78 is 0. The van der Waals surface area contributed by atoms with E-state index in [1.54, 1.807) is 0 Å². The van der Waals surface area contributed by atoms with E-state index in [1.807, 2.05) is 0 Å². The Labute approximate surface area is 119 Å². The summed E-state index contributed by atoms with van der Waals surface area (Å²) >= 11 is 0. The summed E-state index contributed by atoms with van der Waals surface area (Å²) in [5.41, 5.74) is 5.86. The second kappa shape index (κ2) is 4.48. The first kappa shape index (κ1) is 12.2. The van der Waals surface area contributed by atoms with Crippen molar-refractivity contribution in [2.45, 2.75) is 18.9 Å². The molecule has 108 valence electrons. The predicted molar refractivity (Wildman–Crippen MR) is 79.8 cm³/mol. The van der Waals surface area contributed by atoms with Gasteiger partial charge in [-0.3, -0.25) is 0 Å². The number of nitrogens with one attached hydrogen (secondary N) is 1. The first-order chi connectivity index (χ1) is 9.67. The van der Waals surface area contributed by atoms with Gasteiger partial charge < -0.3 is 20.9 Å².